The molecule has 1 aromatic heterocycles. The van der Waals surface area contributed by atoms with E-state index < -0.39 is 17.3 Å². The summed E-state index contributed by atoms with van der Waals surface area (Å²) in [6.07, 6.45) is 2.13. The highest BCUT2D eigenvalue weighted by Crippen LogP contribution is 2.53. The summed E-state index contributed by atoms with van der Waals surface area (Å²) in [5.41, 5.74) is 9.37. The molecule has 0 radical (unpaired) electrons. The molecule has 3 N–H and O–H groups in total. The molecule has 210 valence electrons. The first-order chi connectivity index (χ1) is 19.9. The molecule has 1 unspecified atom stereocenters. The zero-order valence-corrected chi connectivity index (χ0v) is 23.6. The van der Waals surface area contributed by atoms with Crippen LogP contribution < -0.4 is 10.6 Å². The van der Waals surface area contributed by atoms with Crippen molar-refractivity contribution in [1.29, 1.82) is 0 Å². The molecule has 1 aliphatic heterocycles. The van der Waals surface area contributed by atoms with Gasteiger partial charge in [0.15, 0.2) is 0 Å². The standard InChI is InChI=1S/C33H33ClN4O3/c34-24-11-12-28-22(20-24)10-13-30(36-28)38-18-16-37(17-19-38)15-4-3-14-33(32(40)41)27-9-2-1-7-25(27)26-8-5-6-23(31(26)33)21-29(35)39/h1-2,5-13,20H,3-4,14-19,21H2,(H2,35,39)(H,40,41). The van der Waals surface area contributed by atoms with E-state index in [1.54, 1.807) is 0 Å². The number of primary amides is 1. The number of hydrogen-bond donors (Lipinski definition) is 2. The molecule has 4 aromatic rings. The fourth-order valence-corrected chi connectivity index (χ4v) is 6.85. The first-order valence-electron chi connectivity index (χ1n) is 14.1. The maximum absolute atomic E-state index is 13.1. The van der Waals surface area contributed by atoms with Gasteiger partial charge >= 0.3 is 5.97 Å². The molecule has 0 spiro atoms. The number of unbranched alkanes of at least 4 members (excludes halogenated alkanes) is 1. The van der Waals surface area contributed by atoms with Crippen LogP contribution in [0.25, 0.3) is 22.0 Å². The van der Waals surface area contributed by atoms with Crippen LogP contribution in [0.2, 0.25) is 5.02 Å². The summed E-state index contributed by atoms with van der Waals surface area (Å²) in [6, 6.07) is 23.3. The summed E-state index contributed by atoms with van der Waals surface area (Å²) in [5, 5.41) is 12.5. The normalized spacial score (nSPS) is 18.3. The highest BCUT2D eigenvalue weighted by atomic mass is 35.5. The molecule has 1 amide bonds. The summed E-state index contributed by atoms with van der Waals surface area (Å²) in [6.45, 7) is 4.55. The van der Waals surface area contributed by atoms with Gasteiger partial charge in [-0.15, -0.1) is 0 Å². The van der Waals surface area contributed by atoms with E-state index in [2.05, 4.69) is 21.9 Å². The smallest absolute Gasteiger partial charge is 0.318 e. The number of hydrogen-bond acceptors (Lipinski definition) is 5. The summed E-state index contributed by atoms with van der Waals surface area (Å²) in [7, 11) is 0. The number of benzene rings is 3. The Morgan fingerprint density at radius 1 is 0.927 bits per heavy atom. The summed E-state index contributed by atoms with van der Waals surface area (Å²) < 4.78 is 0. The van der Waals surface area contributed by atoms with E-state index >= 15 is 0 Å². The number of nitrogens with zero attached hydrogens (tertiary/aromatic N) is 3. The van der Waals surface area contributed by atoms with Crippen molar-refractivity contribution < 1.29 is 14.7 Å². The van der Waals surface area contributed by atoms with Gasteiger partial charge in [0.05, 0.1) is 11.9 Å². The quantitative estimate of drug-likeness (QED) is 0.267. The molecule has 2 heterocycles. The maximum Gasteiger partial charge on any atom is 0.318 e. The molecule has 1 fully saturated rings. The number of carboxylic acids is 1. The van der Waals surface area contributed by atoms with Crippen LogP contribution in [-0.4, -0.2) is 59.6 Å². The lowest BCUT2D eigenvalue weighted by Crippen LogP contribution is -2.47. The van der Waals surface area contributed by atoms with Crippen LogP contribution in [-0.2, 0) is 21.4 Å². The molecular formula is C33H33ClN4O3. The molecule has 1 aliphatic carbocycles. The number of rotatable bonds is 9. The van der Waals surface area contributed by atoms with Gasteiger partial charge in [-0.2, -0.15) is 0 Å². The minimum atomic E-state index is -1.19. The van der Waals surface area contributed by atoms with Gasteiger partial charge in [-0.25, -0.2) is 4.98 Å². The van der Waals surface area contributed by atoms with E-state index in [0.29, 0.717) is 17.0 Å². The Labute approximate surface area is 244 Å². The van der Waals surface area contributed by atoms with Gasteiger partial charge in [-0.1, -0.05) is 60.5 Å². The molecule has 2 aliphatic rings. The minimum absolute atomic E-state index is 0.0241. The third-order valence-corrected chi connectivity index (χ3v) is 8.83. The molecule has 1 atom stereocenters. The number of halogens is 1. The fourth-order valence-electron chi connectivity index (χ4n) is 6.67. The summed E-state index contributed by atoms with van der Waals surface area (Å²) in [4.78, 5) is 34.6. The lowest BCUT2D eigenvalue weighted by molar-refractivity contribution is -0.142. The Morgan fingerprint density at radius 2 is 1.71 bits per heavy atom. The van der Waals surface area contributed by atoms with Crippen LogP contribution in [0.15, 0.2) is 72.8 Å². The van der Waals surface area contributed by atoms with Crippen LogP contribution in [0, 0.1) is 0 Å². The molecule has 1 saturated heterocycles. The second-order valence-corrected chi connectivity index (χ2v) is 11.5. The van der Waals surface area contributed by atoms with Gasteiger partial charge in [-0.3, -0.25) is 14.5 Å². The Morgan fingerprint density at radius 3 is 2.49 bits per heavy atom. The number of nitrogens with two attached hydrogens (primary N) is 1. The Bertz CT molecular complexity index is 1630. The number of pyridine rings is 1. The van der Waals surface area contributed by atoms with Crippen molar-refractivity contribution >= 4 is 40.2 Å². The molecule has 7 nitrogen and oxygen atoms in total. The van der Waals surface area contributed by atoms with Crippen molar-refractivity contribution in [3.8, 4) is 11.1 Å². The number of carbonyl (C=O) groups excluding carboxylic acids is 1. The van der Waals surface area contributed by atoms with Crippen molar-refractivity contribution in [2.45, 2.75) is 31.1 Å². The van der Waals surface area contributed by atoms with Gasteiger partial charge in [0.1, 0.15) is 11.2 Å². The van der Waals surface area contributed by atoms with Gasteiger partial charge in [0.25, 0.3) is 0 Å². The van der Waals surface area contributed by atoms with E-state index in [1.807, 2.05) is 60.7 Å². The SMILES string of the molecule is NC(=O)Cc1cccc2c1C(CCCCN1CCN(c3ccc4cc(Cl)ccc4n3)CC1)(C(=O)O)c1ccccc1-2. The fraction of sp³-hybridized carbons (Fsp3) is 0.303. The predicted molar refractivity (Wildman–Crippen MR) is 162 cm³/mol. The van der Waals surface area contributed by atoms with Crippen LogP contribution in [0.4, 0.5) is 5.82 Å². The lowest BCUT2D eigenvalue weighted by atomic mass is 9.72. The van der Waals surface area contributed by atoms with Crippen molar-refractivity contribution in [3.63, 3.8) is 0 Å². The number of carbonyl (C=O) groups is 2. The Hall–Kier alpha value is -3.94. The molecule has 8 heteroatoms. The number of anilines is 1. The largest absolute Gasteiger partial charge is 0.480 e. The molecular weight excluding hydrogens is 536 g/mol. The van der Waals surface area contributed by atoms with Gasteiger partial charge < -0.3 is 15.7 Å². The predicted octanol–water partition coefficient (Wildman–Crippen LogP) is 5.26. The minimum Gasteiger partial charge on any atom is -0.480 e. The third-order valence-electron chi connectivity index (χ3n) is 8.59. The number of aliphatic carboxylic acids is 1. The first kappa shape index (κ1) is 27.2. The number of amides is 1. The van der Waals surface area contributed by atoms with Crippen LogP contribution >= 0.6 is 11.6 Å². The van der Waals surface area contributed by atoms with Gasteiger partial charge in [0, 0.05) is 36.6 Å². The average molecular weight is 569 g/mol. The first-order valence-corrected chi connectivity index (χ1v) is 14.5. The van der Waals surface area contributed by atoms with Gasteiger partial charge in [-0.05, 0) is 77.5 Å². The number of fused-ring (bicyclic) bond motifs is 4. The second kappa shape index (κ2) is 11.1. The van der Waals surface area contributed by atoms with Crippen LogP contribution in [0.5, 0.6) is 0 Å². The molecule has 0 saturated carbocycles. The van der Waals surface area contributed by atoms with Crippen LogP contribution in [0.3, 0.4) is 0 Å². The topological polar surface area (TPSA) is 99.8 Å². The van der Waals surface area contributed by atoms with E-state index in [1.165, 1.54) is 0 Å². The summed E-state index contributed by atoms with van der Waals surface area (Å²) in [5.74, 6) is -0.358. The third kappa shape index (κ3) is 5.04. The Kier molecular flexibility index (Phi) is 7.41. The monoisotopic (exact) mass is 568 g/mol. The lowest BCUT2D eigenvalue weighted by Gasteiger charge is -2.35. The number of piperazine rings is 1. The number of aromatic nitrogens is 1. The Balaban J connectivity index is 1.12. The molecule has 3 aromatic carbocycles. The van der Waals surface area contributed by atoms with E-state index in [9.17, 15) is 14.7 Å². The highest BCUT2D eigenvalue weighted by Gasteiger charge is 2.50. The van der Waals surface area contributed by atoms with E-state index in [0.717, 1.165) is 84.5 Å². The maximum atomic E-state index is 13.1. The van der Waals surface area contributed by atoms with E-state index in [4.69, 9.17) is 22.3 Å². The van der Waals surface area contributed by atoms with Gasteiger partial charge in [0.2, 0.25) is 5.91 Å². The van der Waals surface area contributed by atoms with E-state index in [-0.39, 0.29) is 6.42 Å². The average Bonchev–Trinajstić information content (AvgIpc) is 3.27. The highest BCUT2D eigenvalue weighted by molar-refractivity contribution is 6.31. The zero-order chi connectivity index (χ0) is 28.6. The van der Waals surface area contributed by atoms with Crippen molar-refractivity contribution in [1.82, 2.24) is 9.88 Å². The molecule has 0 bridgehead atoms. The molecule has 41 heavy (non-hydrogen) atoms. The second-order valence-electron chi connectivity index (χ2n) is 11.0. The summed E-state index contributed by atoms with van der Waals surface area (Å²) >= 11 is 6.12. The number of carboxylic acid groups (broad SMARTS) is 1. The zero-order valence-electron chi connectivity index (χ0n) is 22.9. The van der Waals surface area contributed by atoms with Crippen molar-refractivity contribution in [2.75, 3.05) is 37.6 Å². The van der Waals surface area contributed by atoms with Crippen molar-refractivity contribution in [3.05, 3.63) is 94.5 Å². The van der Waals surface area contributed by atoms with Crippen molar-refractivity contribution in [2.24, 2.45) is 5.73 Å². The molecule has 6 rings (SSSR count). The van der Waals surface area contributed by atoms with Crippen LogP contribution in [0.1, 0.15) is 36.0 Å².